The lowest BCUT2D eigenvalue weighted by Crippen LogP contribution is -2.35. The molecule has 0 fully saturated rings. The smallest absolute Gasteiger partial charge is 0.119 e. The number of aliphatic hydroxyl groups is 1. The van der Waals surface area contributed by atoms with Crippen LogP contribution in [-0.2, 0) is 11.1 Å². The van der Waals surface area contributed by atoms with Crippen molar-refractivity contribution in [3.8, 4) is 5.75 Å². The van der Waals surface area contributed by atoms with Gasteiger partial charge in [-0.25, -0.2) is 0 Å². The van der Waals surface area contributed by atoms with Crippen LogP contribution in [0, 0.1) is 0 Å². The quantitative estimate of drug-likeness (QED) is 0.720. The Kier molecular flexibility index (Phi) is 2.87. The van der Waals surface area contributed by atoms with Crippen LogP contribution in [0.4, 0.5) is 0 Å². The van der Waals surface area contributed by atoms with Gasteiger partial charge in [0.2, 0.25) is 0 Å². The van der Waals surface area contributed by atoms with Crippen LogP contribution in [0.3, 0.4) is 0 Å². The topological polar surface area (TPSA) is 50.7 Å². The number of benzene rings is 1. The molecule has 0 saturated carbocycles. The molecule has 0 radical (unpaired) electrons. The van der Waals surface area contributed by atoms with E-state index in [1.54, 1.807) is 0 Å². The number of nitrogens with one attached hydrogen (secondary N) is 1. The zero-order valence-corrected chi connectivity index (χ0v) is 10.8. The molecule has 19 heavy (non-hydrogen) atoms. The number of hydrogen-bond acceptors (Lipinski definition) is 4. The van der Waals surface area contributed by atoms with Crippen LogP contribution in [0.25, 0.3) is 0 Å². The first-order valence-electron chi connectivity index (χ1n) is 11.1. The second kappa shape index (κ2) is 8.91. The average Bonchev–Trinajstić information content (AvgIpc) is 2.50. The third-order valence-electron chi connectivity index (χ3n) is 2.00. The third-order valence-corrected chi connectivity index (χ3v) is 2.00. The number of methoxy groups -OCH3 is 1. The summed E-state index contributed by atoms with van der Waals surface area (Å²) in [5.74, 6) is -0.201. The van der Waals surface area contributed by atoms with Crippen molar-refractivity contribution < 1.29 is 29.7 Å². The van der Waals surface area contributed by atoms with Crippen molar-refractivity contribution in [1.29, 1.82) is 0 Å². The summed E-state index contributed by atoms with van der Waals surface area (Å²) < 4.78 is 92.4. The van der Waals surface area contributed by atoms with E-state index in [0.717, 1.165) is 24.3 Å². The van der Waals surface area contributed by atoms with Gasteiger partial charge < -0.3 is 19.9 Å². The Bertz CT molecular complexity index is 712. The Labute approximate surface area is 131 Å². The highest BCUT2D eigenvalue weighted by Gasteiger charge is 2.05. The molecule has 2 N–H and O–H groups in total. The number of aryl methyl sites for hydroxylation is 1. The van der Waals surface area contributed by atoms with E-state index in [4.69, 9.17) is 19.8 Å². The van der Waals surface area contributed by atoms with Crippen LogP contribution in [-0.4, -0.2) is 43.9 Å². The van der Waals surface area contributed by atoms with Crippen molar-refractivity contribution in [2.24, 2.45) is 0 Å². The summed E-state index contributed by atoms with van der Waals surface area (Å²) in [4.78, 5) is 0. The highest BCUT2D eigenvalue weighted by Crippen LogP contribution is 2.12. The van der Waals surface area contributed by atoms with E-state index in [9.17, 15) is 5.11 Å². The maximum atomic E-state index is 10.1. The van der Waals surface area contributed by atoms with Gasteiger partial charge in [-0.15, -0.1) is 0 Å². The van der Waals surface area contributed by atoms with Crippen LogP contribution in [0.1, 0.15) is 34.5 Å². The third kappa shape index (κ3) is 7.15. The molecule has 4 heteroatoms. The summed E-state index contributed by atoms with van der Waals surface area (Å²) >= 11 is 0. The number of ether oxygens (including phenoxy) is 2. The summed E-state index contributed by atoms with van der Waals surface area (Å²) in [5.41, 5.74) is -0.302. The van der Waals surface area contributed by atoms with Crippen LogP contribution < -0.4 is 10.1 Å². The zero-order chi connectivity index (χ0) is 23.8. The second-order valence-corrected chi connectivity index (χ2v) is 3.86. The molecule has 1 aromatic rings. The Balaban J connectivity index is 3.01. The van der Waals surface area contributed by atoms with Crippen molar-refractivity contribution >= 4 is 0 Å². The summed E-state index contributed by atoms with van der Waals surface area (Å²) in [6.45, 7) is -3.86. The van der Waals surface area contributed by atoms with E-state index < -0.39 is 45.2 Å². The normalized spacial score (nSPS) is 26.4. The Morgan fingerprint density at radius 2 is 2.16 bits per heavy atom. The largest absolute Gasteiger partial charge is 0.491 e. The standard InChI is InChI=1S/C15H25NO3/c1-12(2)16-10-14(17)11-19-15-6-4-13(5-7-15)8-9-18-3/h4-7,12,14,16-17H,8-11H2,1-3H3/i3D3,8D2,9D2,11D2,12D,14D. The molecule has 108 valence electrons. The zero-order valence-electron chi connectivity index (χ0n) is 21.8. The minimum Gasteiger partial charge on any atom is -0.491 e. The highest BCUT2D eigenvalue weighted by molar-refractivity contribution is 5.27. The monoisotopic (exact) mass is 278 g/mol. The maximum Gasteiger partial charge on any atom is 0.119 e. The van der Waals surface area contributed by atoms with Crippen molar-refractivity contribution in [2.75, 3.05) is 26.7 Å². The van der Waals surface area contributed by atoms with Gasteiger partial charge >= 0.3 is 0 Å². The lowest BCUT2D eigenvalue weighted by atomic mass is 10.1. The van der Waals surface area contributed by atoms with E-state index in [-0.39, 0.29) is 11.3 Å². The van der Waals surface area contributed by atoms with Crippen LogP contribution in [0.2, 0.25) is 0 Å². The SMILES string of the molecule is [2H]C(C)(C)NCC([2H])(O)C([2H])([2H])Oc1ccc(C([2H])([2H])C([2H])([2H])OC([2H])([2H])[2H])cc1. The molecule has 0 spiro atoms. The van der Waals surface area contributed by atoms with Crippen LogP contribution in [0.5, 0.6) is 5.75 Å². The van der Waals surface area contributed by atoms with Crippen molar-refractivity contribution in [3.63, 3.8) is 0 Å². The van der Waals surface area contributed by atoms with E-state index in [0.29, 0.717) is 0 Å². The molecule has 1 unspecified atom stereocenters. The fraction of sp³-hybridized carbons (Fsp3) is 0.600. The first kappa shape index (κ1) is 6.12. The summed E-state index contributed by atoms with van der Waals surface area (Å²) in [6, 6.07) is 3.01. The highest BCUT2D eigenvalue weighted by atomic mass is 16.5. The predicted octanol–water partition coefficient (Wildman–Crippen LogP) is 1.61. The van der Waals surface area contributed by atoms with Crippen molar-refractivity contribution in [3.05, 3.63) is 29.8 Å². The van der Waals surface area contributed by atoms with Crippen molar-refractivity contribution in [2.45, 2.75) is 32.3 Å². The van der Waals surface area contributed by atoms with E-state index in [1.807, 2.05) is 0 Å². The minimum absolute atomic E-state index is 0.201. The summed E-state index contributed by atoms with van der Waals surface area (Å²) in [5, 5.41) is 12.6. The Morgan fingerprint density at radius 1 is 1.42 bits per heavy atom. The molecular weight excluding hydrogens is 242 g/mol. The fourth-order valence-electron chi connectivity index (χ4n) is 1.11. The van der Waals surface area contributed by atoms with E-state index in [1.165, 1.54) is 13.8 Å². The van der Waals surface area contributed by atoms with Crippen LogP contribution in [0.15, 0.2) is 24.3 Å². The van der Waals surface area contributed by atoms with Gasteiger partial charge in [-0.2, -0.15) is 0 Å². The second-order valence-electron chi connectivity index (χ2n) is 3.86. The molecule has 0 aliphatic carbocycles. The average molecular weight is 278 g/mol. The van der Waals surface area contributed by atoms with Gasteiger partial charge in [-0.05, 0) is 24.1 Å². The van der Waals surface area contributed by atoms with Gasteiger partial charge in [0.1, 0.15) is 18.4 Å². The van der Waals surface area contributed by atoms with Gasteiger partial charge in [0, 0.05) is 23.7 Å². The molecule has 0 heterocycles. The Hall–Kier alpha value is -1.10. The molecule has 0 aliphatic rings. The van der Waals surface area contributed by atoms with Gasteiger partial charge in [0.05, 0.1) is 17.5 Å². The number of hydrogen-bond donors (Lipinski definition) is 2. The lowest BCUT2D eigenvalue weighted by molar-refractivity contribution is 0.104. The lowest BCUT2D eigenvalue weighted by Gasteiger charge is -2.15. The van der Waals surface area contributed by atoms with Crippen LogP contribution >= 0.6 is 0 Å². The number of rotatable bonds is 9. The van der Waals surface area contributed by atoms with E-state index in [2.05, 4.69) is 10.1 Å². The van der Waals surface area contributed by atoms with E-state index >= 15 is 0 Å². The molecule has 1 rings (SSSR count). The van der Waals surface area contributed by atoms with Crippen molar-refractivity contribution in [1.82, 2.24) is 5.32 Å². The first-order chi connectivity index (χ1) is 13.1. The molecular formula is C15H25NO3. The van der Waals surface area contributed by atoms with Gasteiger partial charge in [0.15, 0.2) is 0 Å². The molecule has 0 bridgehead atoms. The van der Waals surface area contributed by atoms with Gasteiger partial charge in [-0.1, -0.05) is 26.0 Å². The molecule has 0 amide bonds. The molecule has 0 aliphatic heterocycles. The Morgan fingerprint density at radius 3 is 2.79 bits per heavy atom. The molecule has 0 saturated heterocycles. The molecule has 0 aromatic heterocycles. The first-order valence-corrected chi connectivity index (χ1v) is 5.57. The molecule has 4 nitrogen and oxygen atoms in total. The van der Waals surface area contributed by atoms with Gasteiger partial charge in [0.25, 0.3) is 0 Å². The summed E-state index contributed by atoms with van der Waals surface area (Å²) in [7, 11) is -3.17. The maximum absolute atomic E-state index is 10.1. The predicted molar refractivity (Wildman–Crippen MR) is 76.7 cm³/mol. The molecule has 1 atom stereocenters. The molecule has 1 aromatic carbocycles. The summed E-state index contributed by atoms with van der Waals surface area (Å²) in [6.07, 6.45) is -5.65. The minimum atomic E-state index is -3.20. The fourth-order valence-corrected chi connectivity index (χ4v) is 1.11. The van der Waals surface area contributed by atoms with Gasteiger partial charge in [-0.3, -0.25) is 0 Å².